The maximum absolute atomic E-state index is 11.8. The van der Waals surface area contributed by atoms with Gasteiger partial charge in [0.1, 0.15) is 0 Å². The highest BCUT2D eigenvalue weighted by Gasteiger charge is 2.55. The van der Waals surface area contributed by atoms with Gasteiger partial charge in [-0.15, -0.1) is 0 Å². The third-order valence-electron chi connectivity index (χ3n) is 2.88. The second kappa shape index (κ2) is 2.62. The van der Waals surface area contributed by atoms with Crippen LogP contribution in [0.25, 0.3) is 0 Å². The Kier molecular flexibility index (Phi) is 2.15. The van der Waals surface area contributed by atoms with Crippen molar-refractivity contribution < 1.29 is 13.2 Å². The van der Waals surface area contributed by atoms with Crippen molar-refractivity contribution in [2.45, 2.75) is 38.9 Å². The second-order valence-electron chi connectivity index (χ2n) is 4.11. The lowest BCUT2D eigenvalue weighted by molar-refractivity contribution is -0.136. The smallest absolute Gasteiger partial charge is 0.327 e. The van der Waals surface area contributed by atoms with Crippen LogP contribution in [0, 0.1) is 11.3 Å². The van der Waals surface area contributed by atoms with Gasteiger partial charge in [-0.3, -0.25) is 0 Å². The minimum Gasteiger partial charge on any atom is -0.327 e. The molecule has 12 heavy (non-hydrogen) atoms. The van der Waals surface area contributed by atoms with Gasteiger partial charge in [0.25, 0.3) is 0 Å². The first-order chi connectivity index (χ1) is 5.25. The Morgan fingerprint density at radius 2 is 1.75 bits per heavy atom. The van der Waals surface area contributed by atoms with Crippen LogP contribution in [0.1, 0.15) is 26.7 Å². The Morgan fingerprint density at radius 3 is 2.00 bits per heavy atom. The van der Waals surface area contributed by atoms with Crippen molar-refractivity contribution in [3.63, 3.8) is 0 Å². The van der Waals surface area contributed by atoms with Gasteiger partial charge in [0.15, 0.2) is 0 Å². The molecule has 1 aliphatic carbocycles. The van der Waals surface area contributed by atoms with E-state index in [1.165, 1.54) is 0 Å². The average molecular weight is 181 g/mol. The molecule has 0 radical (unpaired) electrons. The van der Waals surface area contributed by atoms with Crippen molar-refractivity contribution in [3.05, 3.63) is 0 Å². The number of hydrogen-bond acceptors (Lipinski definition) is 1. The maximum atomic E-state index is 11.8. The van der Waals surface area contributed by atoms with E-state index in [1.54, 1.807) is 0 Å². The molecule has 0 aromatic heterocycles. The maximum Gasteiger partial charge on any atom is 0.389 e. The molecule has 72 valence electrons. The molecular weight excluding hydrogens is 167 g/mol. The fourth-order valence-corrected chi connectivity index (χ4v) is 1.66. The largest absolute Gasteiger partial charge is 0.389 e. The Hall–Kier alpha value is -0.250. The summed E-state index contributed by atoms with van der Waals surface area (Å²) in [7, 11) is 0. The second-order valence-corrected chi connectivity index (χ2v) is 4.11. The lowest BCUT2D eigenvalue weighted by atomic mass is 10.1. The highest BCUT2D eigenvalue weighted by Crippen LogP contribution is 2.53. The summed E-state index contributed by atoms with van der Waals surface area (Å²) < 4.78 is 35.3. The molecule has 1 fully saturated rings. The number of halogens is 3. The van der Waals surface area contributed by atoms with Crippen LogP contribution in [0.5, 0.6) is 0 Å². The van der Waals surface area contributed by atoms with Crippen molar-refractivity contribution in [1.29, 1.82) is 0 Å². The molecule has 1 saturated carbocycles. The molecule has 1 rings (SSSR count). The van der Waals surface area contributed by atoms with Crippen molar-refractivity contribution in [2.24, 2.45) is 17.1 Å². The van der Waals surface area contributed by atoms with Crippen molar-refractivity contribution >= 4 is 0 Å². The van der Waals surface area contributed by atoms with Crippen LogP contribution in [0.2, 0.25) is 0 Å². The van der Waals surface area contributed by atoms with E-state index in [0.717, 1.165) is 0 Å². The summed E-state index contributed by atoms with van der Waals surface area (Å²) in [4.78, 5) is 0. The van der Waals surface area contributed by atoms with Gasteiger partial charge < -0.3 is 5.73 Å². The van der Waals surface area contributed by atoms with Gasteiger partial charge in [0, 0.05) is 12.5 Å². The molecule has 1 nitrogen and oxygen atoms in total. The predicted molar refractivity (Wildman–Crippen MR) is 40.5 cm³/mol. The van der Waals surface area contributed by atoms with E-state index in [1.807, 2.05) is 13.8 Å². The lowest BCUT2D eigenvalue weighted by Crippen LogP contribution is -2.09. The minimum atomic E-state index is -4.03. The molecule has 0 aromatic carbocycles. The van der Waals surface area contributed by atoms with Gasteiger partial charge in [-0.25, -0.2) is 0 Å². The Bertz CT molecular complexity index is 174. The first kappa shape index (κ1) is 9.84. The quantitative estimate of drug-likeness (QED) is 0.695. The summed E-state index contributed by atoms with van der Waals surface area (Å²) in [6.07, 6.45) is -4.55. The summed E-state index contributed by atoms with van der Waals surface area (Å²) >= 11 is 0. The number of alkyl halides is 3. The predicted octanol–water partition coefficient (Wildman–Crippen LogP) is 2.31. The number of hydrogen-bond donors (Lipinski definition) is 1. The lowest BCUT2D eigenvalue weighted by Gasteiger charge is -2.05. The van der Waals surface area contributed by atoms with Crippen LogP contribution in [0.3, 0.4) is 0 Å². The zero-order valence-electron chi connectivity index (χ0n) is 7.28. The summed E-state index contributed by atoms with van der Waals surface area (Å²) in [5, 5.41) is 0. The molecule has 0 amide bonds. The van der Waals surface area contributed by atoms with Crippen LogP contribution in [0.4, 0.5) is 13.2 Å². The molecule has 2 atom stereocenters. The summed E-state index contributed by atoms with van der Waals surface area (Å²) in [6, 6.07) is -0.0418. The highest BCUT2D eigenvalue weighted by atomic mass is 19.4. The summed E-state index contributed by atoms with van der Waals surface area (Å²) in [5.41, 5.74) is 5.53. The minimum absolute atomic E-state index is 0.0418. The molecule has 0 spiro atoms. The molecule has 1 aliphatic rings. The fraction of sp³-hybridized carbons (Fsp3) is 1.00. The van der Waals surface area contributed by atoms with Crippen LogP contribution in [0.15, 0.2) is 0 Å². The van der Waals surface area contributed by atoms with E-state index in [-0.39, 0.29) is 23.8 Å². The first-order valence-electron chi connectivity index (χ1n) is 4.07. The molecule has 0 saturated heterocycles. The van der Waals surface area contributed by atoms with Gasteiger partial charge in [-0.2, -0.15) is 13.2 Å². The third kappa shape index (κ3) is 1.91. The van der Waals surface area contributed by atoms with E-state index in [4.69, 9.17) is 5.73 Å². The Balaban J connectivity index is 2.28. The molecule has 0 aliphatic heterocycles. The van der Waals surface area contributed by atoms with Gasteiger partial charge >= 0.3 is 6.18 Å². The van der Waals surface area contributed by atoms with Gasteiger partial charge in [-0.1, -0.05) is 13.8 Å². The summed E-state index contributed by atoms with van der Waals surface area (Å²) in [6.45, 7) is 3.83. The number of nitrogens with two attached hydrogens (primary N) is 1. The van der Waals surface area contributed by atoms with Crippen molar-refractivity contribution in [1.82, 2.24) is 0 Å². The summed E-state index contributed by atoms with van der Waals surface area (Å²) in [5.74, 6) is 0.0547. The molecule has 2 N–H and O–H groups in total. The van der Waals surface area contributed by atoms with Crippen molar-refractivity contribution in [3.8, 4) is 0 Å². The zero-order valence-corrected chi connectivity index (χ0v) is 7.28. The van der Waals surface area contributed by atoms with Gasteiger partial charge in [0.05, 0.1) is 0 Å². The van der Waals surface area contributed by atoms with Crippen LogP contribution in [-0.4, -0.2) is 12.2 Å². The topological polar surface area (TPSA) is 26.0 Å². The molecule has 0 bridgehead atoms. The molecule has 4 heteroatoms. The van der Waals surface area contributed by atoms with Crippen LogP contribution in [-0.2, 0) is 0 Å². The monoisotopic (exact) mass is 181 g/mol. The first-order valence-corrected chi connectivity index (χ1v) is 4.07. The normalized spacial score (nSPS) is 33.5. The van der Waals surface area contributed by atoms with E-state index < -0.39 is 12.6 Å². The third-order valence-corrected chi connectivity index (χ3v) is 2.88. The van der Waals surface area contributed by atoms with E-state index in [2.05, 4.69) is 0 Å². The van der Waals surface area contributed by atoms with Crippen LogP contribution < -0.4 is 5.73 Å². The van der Waals surface area contributed by atoms with Gasteiger partial charge in [-0.05, 0) is 17.8 Å². The standard InChI is InChI=1S/C8H14F3N/c1-7(2)5(6(7)12)3-4-8(9,10)11/h5-6H,3-4,12H2,1-2H3. The Labute approximate surface area is 70.1 Å². The highest BCUT2D eigenvalue weighted by molar-refractivity contribution is 5.08. The van der Waals surface area contributed by atoms with Crippen molar-refractivity contribution in [2.75, 3.05) is 0 Å². The molecule has 2 unspecified atom stereocenters. The van der Waals surface area contributed by atoms with Gasteiger partial charge in [0.2, 0.25) is 0 Å². The number of rotatable bonds is 2. The average Bonchev–Trinajstić information content (AvgIpc) is 2.28. The van der Waals surface area contributed by atoms with Crippen LogP contribution >= 0.6 is 0 Å². The molecule has 0 aromatic rings. The SMILES string of the molecule is CC1(C)C(N)C1CCC(F)(F)F. The Morgan fingerprint density at radius 1 is 1.33 bits per heavy atom. The van der Waals surface area contributed by atoms with E-state index in [0.29, 0.717) is 0 Å². The van der Waals surface area contributed by atoms with E-state index in [9.17, 15) is 13.2 Å². The zero-order chi connectivity index (χ0) is 9.57. The molecule has 0 heterocycles. The fourth-order valence-electron chi connectivity index (χ4n) is 1.66. The van der Waals surface area contributed by atoms with E-state index >= 15 is 0 Å². The molecular formula is C8H14F3N.